The largest absolute Gasteiger partial charge is 0.279 e. The third-order valence-electron chi connectivity index (χ3n) is 2.40. The molecule has 21 heavy (non-hydrogen) atoms. The lowest BCUT2D eigenvalue weighted by atomic mass is 10.3. The molecule has 1 N–H and O–H groups in total. The maximum absolute atomic E-state index is 13.4. The smallest absolute Gasteiger partial charge is 0.264 e. The van der Waals surface area contributed by atoms with Gasteiger partial charge in [-0.3, -0.25) is 4.72 Å². The Morgan fingerprint density at radius 3 is 2.14 bits per heavy atom. The Bertz CT molecular complexity index is 792. The molecule has 112 valence electrons. The Morgan fingerprint density at radius 1 is 1.05 bits per heavy atom. The first-order chi connectivity index (χ1) is 9.70. The molecule has 0 bridgehead atoms. The number of rotatable bonds is 3. The summed E-state index contributed by atoms with van der Waals surface area (Å²) in [7, 11) is -4.04. The molecule has 0 aromatic heterocycles. The van der Waals surface area contributed by atoms with E-state index in [0.717, 1.165) is 6.07 Å². The van der Waals surface area contributed by atoms with Gasteiger partial charge in [-0.05, 0) is 46.3 Å². The molecule has 0 aliphatic heterocycles. The van der Waals surface area contributed by atoms with Crippen LogP contribution in [0.1, 0.15) is 0 Å². The molecule has 0 fully saturated rings. The molecular weight excluding hydrogens is 472 g/mol. The molecule has 0 aliphatic rings. The fourth-order valence-corrected chi connectivity index (χ4v) is 4.79. The van der Waals surface area contributed by atoms with Crippen LogP contribution in [0.4, 0.5) is 10.1 Å². The minimum Gasteiger partial charge on any atom is -0.279 e. The highest BCUT2D eigenvalue weighted by molar-refractivity contribution is 9.10. The van der Waals surface area contributed by atoms with Crippen LogP contribution in [0.2, 0.25) is 10.0 Å². The fraction of sp³-hybridized carbons (Fsp3) is 0. The molecule has 0 aliphatic carbocycles. The van der Waals surface area contributed by atoms with Crippen molar-refractivity contribution >= 4 is 70.8 Å². The molecule has 2 aromatic rings. The lowest BCUT2D eigenvalue weighted by molar-refractivity contribution is 0.601. The van der Waals surface area contributed by atoms with Crippen molar-refractivity contribution in [2.24, 2.45) is 0 Å². The zero-order chi connectivity index (χ0) is 15.8. The van der Waals surface area contributed by atoms with Crippen molar-refractivity contribution in [1.29, 1.82) is 0 Å². The highest BCUT2D eigenvalue weighted by Crippen LogP contribution is 2.34. The zero-order valence-corrected chi connectivity index (χ0v) is 15.5. The number of benzene rings is 2. The van der Waals surface area contributed by atoms with E-state index >= 15 is 0 Å². The van der Waals surface area contributed by atoms with Crippen molar-refractivity contribution in [3.63, 3.8) is 0 Å². The topological polar surface area (TPSA) is 46.2 Å². The molecule has 2 aromatic carbocycles. The molecule has 3 nitrogen and oxygen atoms in total. The Balaban J connectivity index is 2.46. The van der Waals surface area contributed by atoms with Gasteiger partial charge in [0.25, 0.3) is 10.0 Å². The summed E-state index contributed by atoms with van der Waals surface area (Å²) in [6, 6.07) is 6.65. The lowest BCUT2D eigenvalue weighted by Crippen LogP contribution is -2.14. The summed E-state index contributed by atoms with van der Waals surface area (Å²) < 4.78 is 41.1. The lowest BCUT2D eigenvalue weighted by Gasteiger charge is -2.11. The van der Waals surface area contributed by atoms with Gasteiger partial charge >= 0.3 is 0 Å². The standard InChI is InChI=1S/C12H6Br2Cl2FNO2S/c13-6-3-9(15)12(10(16)4-6)21(19,20)18-7-1-2-8(14)11(17)5-7/h1-5,18H. The first-order valence-electron chi connectivity index (χ1n) is 5.33. The molecule has 2 rings (SSSR count). The second-order valence-corrected chi connectivity index (χ2v) is 8.14. The van der Waals surface area contributed by atoms with Crippen molar-refractivity contribution in [2.75, 3.05) is 4.72 Å². The number of sulfonamides is 1. The van der Waals surface area contributed by atoms with Crippen LogP contribution in [0, 0.1) is 5.82 Å². The van der Waals surface area contributed by atoms with E-state index in [-0.39, 0.29) is 25.1 Å². The summed E-state index contributed by atoms with van der Waals surface area (Å²) in [6.45, 7) is 0. The Morgan fingerprint density at radius 2 is 1.62 bits per heavy atom. The summed E-state index contributed by atoms with van der Waals surface area (Å²) >= 11 is 18.0. The number of nitrogens with one attached hydrogen (secondary N) is 1. The molecule has 9 heteroatoms. The summed E-state index contributed by atoms with van der Waals surface area (Å²) in [6.07, 6.45) is 0. The maximum atomic E-state index is 13.4. The van der Waals surface area contributed by atoms with Crippen molar-refractivity contribution in [2.45, 2.75) is 4.90 Å². The Labute approximate surface area is 147 Å². The van der Waals surface area contributed by atoms with Crippen LogP contribution in [0.25, 0.3) is 0 Å². The Kier molecular flexibility index (Phi) is 5.20. The van der Waals surface area contributed by atoms with Gasteiger partial charge in [0.1, 0.15) is 10.7 Å². The van der Waals surface area contributed by atoms with Gasteiger partial charge < -0.3 is 0 Å². The van der Waals surface area contributed by atoms with E-state index in [4.69, 9.17) is 23.2 Å². The summed E-state index contributed by atoms with van der Waals surface area (Å²) in [5.41, 5.74) is 0.0609. The number of halogens is 5. The second-order valence-electron chi connectivity index (χ2n) is 3.93. The molecule has 0 amide bonds. The average molecular weight is 478 g/mol. The highest BCUT2D eigenvalue weighted by Gasteiger charge is 2.22. The third kappa shape index (κ3) is 3.90. The van der Waals surface area contributed by atoms with Crippen molar-refractivity contribution in [3.8, 4) is 0 Å². The first-order valence-corrected chi connectivity index (χ1v) is 9.15. The van der Waals surface area contributed by atoms with Crippen molar-refractivity contribution in [1.82, 2.24) is 0 Å². The summed E-state index contributed by atoms with van der Waals surface area (Å²) in [4.78, 5) is -0.266. The van der Waals surface area contributed by atoms with E-state index in [0.29, 0.717) is 4.47 Å². The minimum absolute atomic E-state index is 0.0422. The predicted molar refractivity (Wildman–Crippen MR) is 89.1 cm³/mol. The second kappa shape index (κ2) is 6.42. The van der Waals surface area contributed by atoms with Crippen LogP contribution in [-0.2, 0) is 10.0 Å². The SMILES string of the molecule is O=S(=O)(Nc1ccc(Br)c(F)c1)c1c(Cl)cc(Br)cc1Cl. The van der Waals surface area contributed by atoms with E-state index in [2.05, 4.69) is 36.6 Å². The van der Waals surface area contributed by atoms with Gasteiger partial charge in [0, 0.05) is 4.47 Å². The minimum atomic E-state index is -4.04. The van der Waals surface area contributed by atoms with Crippen LogP contribution < -0.4 is 4.72 Å². The van der Waals surface area contributed by atoms with Crippen LogP contribution in [0.5, 0.6) is 0 Å². The molecule has 0 spiro atoms. The average Bonchev–Trinajstić information content (AvgIpc) is 2.31. The summed E-state index contributed by atoms with van der Waals surface area (Å²) in [5.74, 6) is -0.594. The van der Waals surface area contributed by atoms with Crippen molar-refractivity contribution in [3.05, 3.63) is 55.1 Å². The van der Waals surface area contributed by atoms with Gasteiger partial charge in [0.05, 0.1) is 20.2 Å². The van der Waals surface area contributed by atoms with Gasteiger partial charge in [0.15, 0.2) is 0 Å². The van der Waals surface area contributed by atoms with Crippen LogP contribution in [-0.4, -0.2) is 8.42 Å². The molecule has 0 atom stereocenters. The fourth-order valence-electron chi connectivity index (χ4n) is 1.55. The normalized spacial score (nSPS) is 11.5. The van der Waals surface area contributed by atoms with Gasteiger partial charge in [0.2, 0.25) is 0 Å². The number of hydrogen-bond donors (Lipinski definition) is 1. The van der Waals surface area contributed by atoms with Crippen LogP contribution in [0.3, 0.4) is 0 Å². The monoisotopic (exact) mass is 475 g/mol. The van der Waals surface area contributed by atoms with E-state index in [1.54, 1.807) is 0 Å². The molecule has 0 saturated heterocycles. The number of hydrogen-bond acceptors (Lipinski definition) is 2. The maximum Gasteiger partial charge on any atom is 0.264 e. The molecule has 0 radical (unpaired) electrons. The van der Waals surface area contributed by atoms with Gasteiger partial charge in [-0.15, -0.1) is 0 Å². The first kappa shape index (κ1) is 17.0. The highest BCUT2D eigenvalue weighted by atomic mass is 79.9. The van der Waals surface area contributed by atoms with Gasteiger partial charge in [-0.2, -0.15) is 0 Å². The molecule has 0 heterocycles. The van der Waals surface area contributed by atoms with E-state index in [1.165, 1.54) is 24.3 Å². The van der Waals surface area contributed by atoms with E-state index < -0.39 is 15.8 Å². The zero-order valence-electron chi connectivity index (χ0n) is 10.0. The Hall–Kier alpha value is -0.340. The molecule has 0 unspecified atom stereocenters. The predicted octanol–water partition coefficient (Wildman–Crippen LogP) is 5.46. The van der Waals surface area contributed by atoms with E-state index in [1.807, 2.05) is 0 Å². The van der Waals surface area contributed by atoms with Crippen LogP contribution in [0.15, 0.2) is 44.2 Å². The third-order valence-corrected chi connectivity index (χ3v) is 5.81. The molecular formula is C12H6Br2Cl2FNO2S. The van der Waals surface area contributed by atoms with Gasteiger partial charge in [-0.1, -0.05) is 39.1 Å². The van der Waals surface area contributed by atoms with Gasteiger partial charge in [-0.25, -0.2) is 12.8 Å². The number of anilines is 1. The summed E-state index contributed by atoms with van der Waals surface area (Å²) in [5, 5.41) is -0.0843. The molecule has 0 saturated carbocycles. The quantitative estimate of drug-likeness (QED) is 0.638. The van der Waals surface area contributed by atoms with Crippen LogP contribution >= 0.6 is 55.1 Å². The van der Waals surface area contributed by atoms with E-state index in [9.17, 15) is 12.8 Å². The van der Waals surface area contributed by atoms with Crippen molar-refractivity contribution < 1.29 is 12.8 Å².